The Labute approximate surface area is 125 Å². The molecule has 2 aromatic rings. The predicted molar refractivity (Wildman–Crippen MR) is 81.9 cm³/mol. The molecule has 1 amide bonds. The Morgan fingerprint density at radius 1 is 1.24 bits per heavy atom. The first kappa shape index (κ1) is 15.3. The van der Waals surface area contributed by atoms with Crippen LogP contribution in [-0.4, -0.2) is 21.8 Å². The summed E-state index contributed by atoms with van der Waals surface area (Å²) in [6.07, 6.45) is 1.63. The molecule has 0 N–H and O–H groups in total. The second-order valence-corrected chi connectivity index (χ2v) is 5.66. The van der Waals surface area contributed by atoms with Crippen LogP contribution in [0.5, 0.6) is 0 Å². The lowest BCUT2D eigenvalue weighted by atomic mass is 10.0. The topological polar surface area (TPSA) is 46.3 Å². The van der Waals surface area contributed by atoms with Crippen molar-refractivity contribution in [3.63, 3.8) is 0 Å². The summed E-state index contributed by atoms with van der Waals surface area (Å²) in [5.74, 6) is 1.08. The Morgan fingerprint density at radius 3 is 2.57 bits per heavy atom. The Kier molecular flexibility index (Phi) is 4.78. The van der Waals surface area contributed by atoms with Gasteiger partial charge in [0.1, 0.15) is 11.5 Å². The lowest BCUT2D eigenvalue weighted by Crippen LogP contribution is -2.41. The Morgan fingerprint density at radius 2 is 2.00 bits per heavy atom. The SMILES string of the molecule is Cc1cccc(C(=O)N(Cc2ccco2)[C@@H](C)C(C)C)n1. The van der Waals surface area contributed by atoms with Crippen LogP contribution < -0.4 is 0 Å². The van der Waals surface area contributed by atoms with E-state index < -0.39 is 0 Å². The van der Waals surface area contributed by atoms with E-state index >= 15 is 0 Å². The zero-order chi connectivity index (χ0) is 15.4. The minimum atomic E-state index is -0.0590. The van der Waals surface area contributed by atoms with E-state index in [-0.39, 0.29) is 11.9 Å². The number of furan rings is 1. The molecule has 0 aliphatic carbocycles. The van der Waals surface area contributed by atoms with E-state index in [1.54, 1.807) is 12.3 Å². The number of carbonyl (C=O) groups is 1. The number of hydrogen-bond acceptors (Lipinski definition) is 3. The van der Waals surface area contributed by atoms with E-state index in [2.05, 4.69) is 25.8 Å². The number of aryl methyl sites for hydroxylation is 1. The zero-order valence-electron chi connectivity index (χ0n) is 13.0. The summed E-state index contributed by atoms with van der Waals surface area (Å²) < 4.78 is 5.39. The van der Waals surface area contributed by atoms with Crippen molar-refractivity contribution < 1.29 is 9.21 Å². The summed E-state index contributed by atoms with van der Waals surface area (Å²) in [4.78, 5) is 19.0. The van der Waals surface area contributed by atoms with E-state index in [1.807, 2.05) is 36.1 Å². The highest BCUT2D eigenvalue weighted by atomic mass is 16.3. The number of pyridine rings is 1. The third kappa shape index (κ3) is 3.72. The first-order chi connectivity index (χ1) is 9.99. The maximum absolute atomic E-state index is 12.8. The molecular formula is C17H22N2O2. The van der Waals surface area contributed by atoms with Gasteiger partial charge in [-0.3, -0.25) is 4.79 Å². The average molecular weight is 286 g/mol. The van der Waals surface area contributed by atoms with Crippen LogP contribution in [0.4, 0.5) is 0 Å². The van der Waals surface area contributed by atoms with Crippen molar-refractivity contribution >= 4 is 5.91 Å². The Bertz CT molecular complexity index is 591. The Hall–Kier alpha value is -2.10. The number of rotatable bonds is 5. The molecule has 0 saturated heterocycles. The maximum atomic E-state index is 12.8. The maximum Gasteiger partial charge on any atom is 0.273 e. The van der Waals surface area contributed by atoms with Crippen molar-refractivity contribution in [2.24, 2.45) is 5.92 Å². The highest BCUT2D eigenvalue weighted by Gasteiger charge is 2.25. The van der Waals surface area contributed by atoms with Crippen LogP contribution in [0.1, 0.15) is 42.7 Å². The van der Waals surface area contributed by atoms with Gasteiger partial charge in [-0.2, -0.15) is 0 Å². The van der Waals surface area contributed by atoms with Gasteiger partial charge < -0.3 is 9.32 Å². The molecule has 0 aliphatic rings. The van der Waals surface area contributed by atoms with Crippen LogP contribution in [0, 0.1) is 12.8 Å². The standard InChI is InChI=1S/C17H22N2O2/c1-12(2)14(4)19(11-15-8-6-10-21-15)17(20)16-9-5-7-13(3)18-16/h5-10,12,14H,11H2,1-4H3/t14-/m0/s1. The quantitative estimate of drug-likeness (QED) is 0.842. The molecule has 0 spiro atoms. The number of amides is 1. The molecule has 2 heterocycles. The first-order valence-electron chi connectivity index (χ1n) is 7.26. The molecule has 4 heteroatoms. The van der Waals surface area contributed by atoms with Crippen LogP contribution in [0.25, 0.3) is 0 Å². The van der Waals surface area contributed by atoms with E-state index in [1.165, 1.54) is 0 Å². The minimum absolute atomic E-state index is 0.0590. The second kappa shape index (κ2) is 6.57. The molecule has 0 aliphatic heterocycles. The fourth-order valence-corrected chi connectivity index (χ4v) is 2.14. The van der Waals surface area contributed by atoms with Crippen molar-refractivity contribution in [2.75, 3.05) is 0 Å². The van der Waals surface area contributed by atoms with Crippen LogP contribution in [-0.2, 0) is 6.54 Å². The van der Waals surface area contributed by atoms with E-state index in [0.717, 1.165) is 11.5 Å². The fraction of sp³-hybridized carbons (Fsp3) is 0.412. The number of aromatic nitrogens is 1. The van der Waals surface area contributed by atoms with Crippen molar-refractivity contribution in [3.05, 3.63) is 53.7 Å². The van der Waals surface area contributed by atoms with Gasteiger partial charge in [-0.05, 0) is 44.0 Å². The molecule has 1 atom stereocenters. The van der Waals surface area contributed by atoms with Gasteiger partial charge >= 0.3 is 0 Å². The molecule has 21 heavy (non-hydrogen) atoms. The number of nitrogens with zero attached hydrogens (tertiary/aromatic N) is 2. The predicted octanol–water partition coefficient (Wildman–Crippen LogP) is 3.67. The molecule has 112 valence electrons. The third-order valence-electron chi connectivity index (χ3n) is 3.73. The third-order valence-corrected chi connectivity index (χ3v) is 3.73. The molecular weight excluding hydrogens is 264 g/mol. The number of hydrogen-bond donors (Lipinski definition) is 0. The fourth-order valence-electron chi connectivity index (χ4n) is 2.14. The van der Waals surface area contributed by atoms with E-state index in [9.17, 15) is 4.79 Å². The van der Waals surface area contributed by atoms with Gasteiger partial charge in [0.05, 0.1) is 12.8 Å². The molecule has 2 aromatic heterocycles. The van der Waals surface area contributed by atoms with Gasteiger partial charge in [0.2, 0.25) is 0 Å². The van der Waals surface area contributed by atoms with Gasteiger partial charge in [0.25, 0.3) is 5.91 Å². The first-order valence-corrected chi connectivity index (χ1v) is 7.26. The van der Waals surface area contributed by atoms with Crippen molar-refractivity contribution in [1.29, 1.82) is 0 Å². The summed E-state index contributed by atoms with van der Waals surface area (Å²) in [6, 6.07) is 9.34. The lowest BCUT2D eigenvalue weighted by molar-refractivity contribution is 0.0604. The van der Waals surface area contributed by atoms with Crippen LogP contribution >= 0.6 is 0 Å². The van der Waals surface area contributed by atoms with Gasteiger partial charge in [0, 0.05) is 11.7 Å². The summed E-state index contributed by atoms with van der Waals surface area (Å²) >= 11 is 0. The van der Waals surface area contributed by atoms with Crippen LogP contribution in [0.15, 0.2) is 41.0 Å². The number of carbonyl (C=O) groups excluding carboxylic acids is 1. The van der Waals surface area contributed by atoms with Crippen molar-refractivity contribution in [2.45, 2.75) is 40.3 Å². The zero-order valence-corrected chi connectivity index (χ0v) is 13.0. The van der Waals surface area contributed by atoms with Crippen molar-refractivity contribution in [1.82, 2.24) is 9.88 Å². The summed E-state index contributed by atoms with van der Waals surface area (Å²) in [7, 11) is 0. The monoisotopic (exact) mass is 286 g/mol. The van der Waals surface area contributed by atoms with Gasteiger partial charge in [-0.1, -0.05) is 19.9 Å². The summed E-state index contributed by atoms with van der Waals surface area (Å²) in [5.41, 5.74) is 1.32. The van der Waals surface area contributed by atoms with Gasteiger partial charge in [-0.25, -0.2) is 4.98 Å². The highest BCUT2D eigenvalue weighted by molar-refractivity contribution is 5.92. The normalized spacial score (nSPS) is 12.4. The van der Waals surface area contributed by atoms with Crippen LogP contribution in [0.2, 0.25) is 0 Å². The molecule has 0 saturated carbocycles. The Balaban J connectivity index is 2.27. The molecule has 0 unspecified atom stereocenters. The minimum Gasteiger partial charge on any atom is -0.467 e. The molecule has 0 radical (unpaired) electrons. The molecule has 4 nitrogen and oxygen atoms in total. The van der Waals surface area contributed by atoms with Crippen molar-refractivity contribution in [3.8, 4) is 0 Å². The molecule has 0 bridgehead atoms. The second-order valence-electron chi connectivity index (χ2n) is 5.66. The van der Waals surface area contributed by atoms with Crippen LogP contribution in [0.3, 0.4) is 0 Å². The molecule has 0 fully saturated rings. The lowest BCUT2D eigenvalue weighted by Gasteiger charge is -2.31. The van der Waals surface area contributed by atoms with E-state index in [0.29, 0.717) is 18.2 Å². The summed E-state index contributed by atoms with van der Waals surface area (Å²) in [5, 5.41) is 0. The largest absolute Gasteiger partial charge is 0.467 e. The average Bonchev–Trinajstić information content (AvgIpc) is 2.96. The van der Waals surface area contributed by atoms with E-state index in [4.69, 9.17) is 4.42 Å². The highest BCUT2D eigenvalue weighted by Crippen LogP contribution is 2.18. The van der Waals surface area contributed by atoms with Gasteiger partial charge in [-0.15, -0.1) is 0 Å². The van der Waals surface area contributed by atoms with Gasteiger partial charge in [0.15, 0.2) is 0 Å². The smallest absolute Gasteiger partial charge is 0.273 e. The molecule has 2 rings (SSSR count). The molecule has 0 aromatic carbocycles. The summed E-state index contributed by atoms with van der Waals surface area (Å²) in [6.45, 7) is 8.62.